The molecule has 3 heteroatoms. The van der Waals surface area contributed by atoms with Crippen LogP contribution in [0, 0.1) is 12.3 Å². The fourth-order valence-electron chi connectivity index (χ4n) is 1.03. The van der Waals surface area contributed by atoms with Gasteiger partial charge in [0.25, 0.3) is 0 Å². The lowest BCUT2D eigenvalue weighted by atomic mass is 10.1. The summed E-state index contributed by atoms with van der Waals surface area (Å²) in [6.45, 7) is 8.17. The summed E-state index contributed by atoms with van der Waals surface area (Å²) in [4.78, 5) is 4.31. The quantitative estimate of drug-likeness (QED) is 0.407. The molecular formula is C11H21N3. The minimum absolute atomic E-state index is 0.0536. The van der Waals surface area contributed by atoms with Gasteiger partial charge in [-0.1, -0.05) is 6.92 Å². The first kappa shape index (κ1) is 12.8. The van der Waals surface area contributed by atoms with E-state index < -0.39 is 0 Å². The third kappa shape index (κ3) is 6.36. The number of nitrogens with one attached hydrogen (secondary N) is 1. The molecule has 0 aliphatic rings. The average Bonchev–Trinajstić information content (AvgIpc) is 2.00. The highest BCUT2D eigenvalue weighted by atomic mass is 15.1. The number of nitrogens with zero attached hydrogens (tertiary/aromatic N) is 1. The van der Waals surface area contributed by atoms with Gasteiger partial charge in [-0.3, -0.25) is 0 Å². The molecule has 0 heterocycles. The molecule has 0 aromatic rings. The van der Waals surface area contributed by atoms with Crippen LogP contribution < -0.4 is 11.1 Å². The molecule has 14 heavy (non-hydrogen) atoms. The van der Waals surface area contributed by atoms with Gasteiger partial charge in [-0.25, -0.2) is 4.99 Å². The fraction of sp³-hybridized carbons (Fsp3) is 0.727. The van der Waals surface area contributed by atoms with Crippen LogP contribution in [0.4, 0.5) is 0 Å². The standard InChI is InChI=1S/C11H21N3/c1-6-8-9(7-2)13-10(12)14-11(3,4)5/h1,9H,7-8H2,2-5H3,(H3,12,13,14). The maximum Gasteiger partial charge on any atom is 0.189 e. The Kier molecular flexibility index (Phi) is 5.07. The molecule has 0 aliphatic heterocycles. The Bertz CT molecular complexity index is 230. The molecule has 0 rings (SSSR count). The monoisotopic (exact) mass is 195 g/mol. The molecule has 0 spiro atoms. The number of aliphatic imine (C=N–C) groups is 1. The highest BCUT2D eigenvalue weighted by Gasteiger charge is 2.11. The molecule has 0 radical (unpaired) electrons. The van der Waals surface area contributed by atoms with Gasteiger partial charge in [0.15, 0.2) is 5.96 Å². The van der Waals surface area contributed by atoms with Gasteiger partial charge in [0, 0.05) is 12.0 Å². The zero-order valence-corrected chi connectivity index (χ0v) is 9.59. The van der Waals surface area contributed by atoms with Crippen molar-refractivity contribution in [2.45, 2.75) is 52.1 Å². The largest absolute Gasteiger partial charge is 0.370 e. The molecule has 80 valence electrons. The van der Waals surface area contributed by atoms with Gasteiger partial charge in [0.05, 0.1) is 6.04 Å². The maximum atomic E-state index is 5.74. The lowest BCUT2D eigenvalue weighted by Gasteiger charge is -2.22. The molecule has 0 fully saturated rings. The predicted octanol–water partition coefficient (Wildman–Crippen LogP) is 1.49. The van der Waals surface area contributed by atoms with Crippen LogP contribution >= 0.6 is 0 Å². The van der Waals surface area contributed by atoms with Crippen LogP contribution in [0.1, 0.15) is 40.5 Å². The molecule has 0 aromatic carbocycles. The molecule has 3 N–H and O–H groups in total. The van der Waals surface area contributed by atoms with Gasteiger partial charge < -0.3 is 11.1 Å². The fourth-order valence-corrected chi connectivity index (χ4v) is 1.03. The van der Waals surface area contributed by atoms with E-state index >= 15 is 0 Å². The summed E-state index contributed by atoms with van der Waals surface area (Å²) < 4.78 is 0. The van der Waals surface area contributed by atoms with E-state index in [1.165, 1.54) is 0 Å². The Morgan fingerprint density at radius 1 is 1.57 bits per heavy atom. The number of terminal acetylenes is 1. The van der Waals surface area contributed by atoms with Crippen molar-refractivity contribution >= 4 is 5.96 Å². The van der Waals surface area contributed by atoms with Crippen LogP contribution in [0.5, 0.6) is 0 Å². The highest BCUT2D eigenvalue weighted by molar-refractivity contribution is 5.78. The second-order valence-corrected chi connectivity index (χ2v) is 4.36. The Balaban J connectivity index is 4.27. The molecule has 0 saturated carbocycles. The molecule has 0 aromatic heterocycles. The van der Waals surface area contributed by atoms with Crippen molar-refractivity contribution in [3.05, 3.63) is 0 Å². The topological polar surface area (TPSA) is 50.4 Å². The first-order valence-electron chi connectivity index (χ1n) is 4.94. The second kappa shape index (κ2) is 5.54. The first-order chi connectivity index (χ1) is 6.39. The summed E-state index contributed by atoms with van der Waals surface area (Å²) in [6, 6.07) is 0.134. The minimum Gasteiger partial charge on any atom is -0.370 e. The van der Waals surface area contributed by atoms with Crippen molar-refractivity contribution in [1.29, 1.82) is 0 Å². The van der Waals surface area contributed by atoms with E-state index in [4.69, 9.17) is 12.2 Å². The summed E-state index contributed by atoms with van der Waals surface area (Å²) in [5.74, 6) is 3.07. The predicted molar refractivity (Wildman–Crippen MR) is 62.0 cm³/mol. The van der Waals surface area contributed by atoms with Crippen LogP contribution in [0.25, 0.3) is 0 Å². The van der Waals surface area contributed by atoms with E-state index in [1.54, 1.807) is 0 Å². The molecule has 0 saturated heterocycles. The van der Waals surface area contributed by atoms with Gasteiger partial charge in [0.2, 0.25) is 0 Å². The SMILES string of the molecule is C#CCC(CC)N=C(N)NC(C)(C)C. The maximum absolute atomic E-state index is 5.74. The Hall–Kier alpha value is -1.17. The van der Waals surface area contributed by atoms with Crippen LogP contribution in [0.2, 0.25) is 0 Å². The number of guanidine groups is 1. The van der Waals surface area contributed by atoms with Gasteiger partial charge in [0.1, 0.15) is 0 Å². The number of nitrogens with two attached hydrogens (primary N) is 1. The van der Waals surface area contributed by atoms with Gasteiger partial charge in [-0.15, -0.1) is 12.3 Å². The van der Waals surface area contributed by atoms with Crippen molar-refractivity contribution in [3.8, 4) is 12.3 Å². The number of hydrogen-bond acceptors (Lipinski definition) is 1. The molecule has 0 bridgehead atoms. The summed E-state index contributed by atoms with van der Waals surface area (Å²) in [5, 5.41) is 3.10. The third-order valence-corrected chi connectivity index (χ3v) is 1.65. The van der Waals surface area contributed by atoms with Crippen molar-refractivity contribution in [2.24, 2.45) is 10.7 Å². The molecular weight excluding hydrogens is 174 g/mol. The van der Waals surface area contributed by atoms with Gasteiger partial charge >= 0.3 is 0 Å². The normalized spacial score (nSPS) is 14.6. The van der Waals surface area contributed by atoms with Gasteiger partial charge in [-0.05, 0) is 27.2 Å². The van der Waals surface area contributed by atoms with Crippen molar-refractivity contribution in [3.63, 3.8) is 0 Å². The zero-order valence-electron chi connectivity index (χ0n) is 9.59. The third-order valence-electron chi connectivity index (χ3n) is 1.65. The summed E-state index contributed by atoms with van der Waals surface area (Å²) in [5.41, 5.74) is 5.68. The van der Waals surface area contributed by atoms with E-state index in [0.717, 1.165) is 6.42 Å². The van der Waals surface area contributed by atoms with E-state index in [9.17, 15) is 0 Å². The molecule has 1 unspecified atom stereocenters. The lowest BCUT2D eigenvalue weighted by Crippen LogP contribution is -2.45. The first-order valence-corrected chi connectivity index (χ1v) is 4.94. The van der Waals surface area contributed by atoms with Crippen LogP contribution in [-0.4, -0.2) is 17.5 Å². The van der Waals surface area contributed by atoms with E-state index in [-0.39, 0.29) is 11.6 Å². The Morgan fingerprint density at radius 2 is 2.14 bits per heavy atom. The molecule has 1 atom stereocenters. The highest BCUT2D eigenvalue weighted by Crippen LogP contribution is 2.03. The molecule has 0 amide bonds. The lowest BCUT2D eigenvalue weighted by molar-refractivity contribution is 0.505. The van der Waals surface area contributed by atoms with Crippen LogP contribution in [0.15, 0.2) is 4.99 Å². The molecule has 0 aliphatic carbocycles. The Labute approximate surface area is 87.2 Å². The average molecular weight is 195 g/mol. The van der Waals surface area contributed by atoms with Crippen molar-refractivity contribution < 1.29 is 0 Å². The van der Waals surface area contributed by atoms with E-state index in [0.29, 0.717) is 12.4 Å². The van der Waals surface area contributed by atoms with Gasteiger partial charge in [-0.2, -0.15) is 0 Å². The number of rotatable bonds is 3. The van der Waals surface area contributed by atoms with Crippen molar-refractivity contribution in [1.82, 2.24) is 5.32 Å². The van der Waals surface area contributed by atoms with E-state index in [1.807, 2.05) is 20.8 Å². The summed E-state index contributed by atoms with van der Waals surface area (Å²) in [6.07, 6.45) is 6.78. The minimum atomic E-state index is -0.0536. The zero-order chi connectivity index (χ0) is 11.2. The van der Waals surface area contributed by atoms with Crippen LogP contribution in [-0.2, 0) is 0 Å². The van der Waals surface area contributed by atoms with Crippen molar-refractivity contribution in [2.75, 3.05) is 0 Å². The Morgan fingerprint density at radius 3 is 2.50 bits per heavy atom. The van der Waals surface area contributed by atoms with Crippen LogP contribution in [0.3, 0.4) is 0 Å². The summed E-state index contributed by atoms with van der Waals surface area (Å²) in [7, 11) is 0. The smallest absolute Gasteiger partial charge is 0.189 e. The number of hydrogen-bond donors (Lipinski definition) is 2. The summed E-state index contributed by atoms with van der Waals surface area (Å²) >= 11 is 0. The second-order valence-electron chi connectivity index (χ2n) is 4.36. The van der Waals surface area contributed by atoms with E-state index in [2.05, 4.69) is 23.2 Å². The molecule has 3 nitrogen and oxygen atoms in total.